The summed E-state index contributed by atoms with van der Waals surface area (Å²) in [5.41, 5.74) is 10.2. The fourth-order valence-corrected chi connectivity index (χ4v) is 10.7. The van der Waals surface area contributed by atoms with Gasteiger partial charge in [-0.1, -0.05) is 103 Å². The second-order valence-electron chi connectivity index (χ2n) is 16.2. The largest absolute Gasteiger partial charge is 0.308 e. The first-order valence-electron chi connectivity index (χ1n) is 19.7. The molecule has 0 radical (unpaired) electrons. The van der Waals surface area contributed by atoms with Gasteiger partial charge in [0.1, 0.15) is 5.82 Å². The van der Waals surface area contributed by atoms with Crippen LogP contribution in [0.25, 0.3) is 72.5 Å². The van der Waals surface area contributed by atoms with E-state index in [1.54, 1.807) is 0 Å². The zero-order valence-corrected chi connectivity index (χ0v) is 30.6. The number of benzene rings is 6. The van der Waals surface area contributed by atoms with E-state index in [1.165, 1.54) is 52.3 Å². The molecule has 4 bridgehead atoms. The van der Waals surface area contributed by atoms with E-state index in [2.05, 4.69) is 138 Å². The maximum Gasteiger partial charge on any atom is 0.165 e. The van der Waals surface area contributed by atoms with Gasteiger partial charge in [0.2, 0.25) is 0 Å². The maximum absolute atomic E-state index is 10.3. The molecule has 264 valence electrons. The highest BCUT2D eigenvalue weighted by Gasteiger charge is 2.53. The lowest BCUT2D eigenvalue weighted by Crippen LogP contribution is -2.49. The molecule has 8 aromatic rings. The second kappa shape index (κ2) is 12.6. The van der Waals surface area contributed by atoms with Crippen LogP contribution >= 0.6 is 0 Å². The summed E-state index contributed by atoms with van der Waals surface area (Å²) in [5, 5.41) is 12.6. The van der Waals surface area contributed by atoms with E-state index in [4.69, 9.17) is 15.0 Å². The van der Waals surface area contributed by atoms with E-state index >= 15 is 0 Å². The van der Waals surface area contributed by atoms with Gasteiger partial charge in [-0.3, -0.25) is 0 Å². The smallest absolute Gasteiger partial charge is 0.165 e. The van der Waals surface area contributed by atoms with Crippen molar-refractivity contribution >= 4 is 21.8 Å². The molecule has 0 unspecified atom stereocenters. The van der Waals surface area contributed by atoms with Crippen LogP contribution in [0.3, 0.4) is 0 Å². The molecule has 12 rings (SSSR count). The monoisotopic (exact) mass is 709 g/mol. The van der Waals surface area contributed by atoms with Crippen molar-refractivity contribution in [2.45, 2.75) is 43.9 Å². The summed E-state index contributed by atoms with van der Waals surface area (Å²) in [6, 6.07) is 53.5. The van der Waals surface area contributed by atoms with E-state index in [9.17, 15) is 5.26 Å². The zero-order valence-electron chi connectivity index (χ0n) is 30.6. The number of nitriles is 1. The average Bonchev–Trinajstić information content (AvgIpc) is 3.56. The molecule has 5 heteroatoms. The topological polar surface area (TPSA) is 67.4 Å². The summed E-state index contributed by atoms with van der Waals surface area (Å²) < 4.78 is 2.35. The predicted octanol–water partition coefficient (Wildman–Crippen LogP) is 12.0. The minimum absolute atomic E-state index is 0.0303. The van der Waals surface area contributed by atoms with Crippen molar-refractivity contribution in [1.82, 2.24) is 19.5 Å². The molecule has 4 saturated carbocycles. The highest BCUT2D eigenvalue weighted by atomic mass is 15.1. The maximum atomic E-state index is 10.3. The first-order valence-corrected chi connectivity index (χ1v) is 19.7. The number of rotatable bonds is 6. The minimum atomic E-state index is -0.0303. The van der Waals surface area contributed by atoms with Gasteiger partial charge in [-0.05, 0) is 121 Å². The number of nitrogens with zero attached hydrogens (tertiary/aromatic N) is 5. The minimum Gasteiger partial charge on any atom is -0.308 e. The van der Waals surface area contributed by atoms with Crippen molar-refractivity contribution in [3.63, 3.8) is 0 Å². The summed E-state index contributed by atoms with van der Waals surface area (Å²) in [4.78, 5) is 16.1. The van der Waals surface area contributed by atoms with E-state index in [0.717, 1.165) is 70.7 Å². The first-order chi connectivity index (χ1) is 27.1. The zero-order chi connectivity index (χ0) is 36.5. The molecule has 0 aliphatic heterocycles. The van der Waals surface area contributed by atoms with Crippen molar-refractivity contribution in [2.75, 3.05) is 0 Å². The number of hydrogen-bond acceptors (Lipinski definition) is 4. The van der Waals surface area contributed by atoms with E-state index in [1.807, 2.05) is 18.2 Å². The normalized spacial score (nSPS) is 21.3. The lowest BCUT2D eigenvalue weighted by Gasteiger charge is -2.56. The summed E-state index contributed by atoms with van der Waals surface area (Å²) in [7, 11) is 0. The Kier molecular flexibility index (Phi) is 7.35. The van der Waals surface area contributed by atoms with Gasteiger partial charge in [-0.2, -0.15) is 5.26 Å². The Morgan fingerprint density at radius 3 is 1.55 bits per heavy atom. The average molecular weight is 710 g/mol. The molecule has 5 nitrogen and oxygen atoms in total. The highest BCUT2D eigenvalue weighted by Crippen LogP contribution is 2.60. The third kappa shape index (κ3) is 5.39. The van der Waals surface area contributed by atoms with Crippen molar-refractivity contribution < 1.29 is 0 Å². The van der Waals surface area contributed by atoms with Gasteiger partial charge in [0.15, 0.2) is 11.6 Å². The van der Waals surface area contributed by atoms with Gasteiger partial charge in [-0.15, -0.1) is 0 Å². The third-order valence-electron chi connectivity index (χ3n) is 12.8. The molecule has 2 aromatic heterocycles. The fraction of sp³-hybridized carbons (Fsp3) is 0.200. The molecule has 2 heterocycles. The lowest BCUT2D eigenvalue weighted by molar-refractivity contribution is -0.00938. The molecule has 0 saturated heterocycles. The van der Waals surface area contributed by atoms with Crippen LogP contribution in [0, 0.1) is 29.1 Å². The van der Waals surface area contributed by atoms with E-state index in [0.29, 0.717) is 17.2 Å². The van der Waals surface area contributed by atoms with Crippen molar-refractivity contribution in [2.24, 2.45) is 17.8 Å². The van der Waals surface area contributed by atoms with Crippen LogP contribution in [0.2, 0.25) is 0 Å². The molecule has 55 heavy (non-hydrogen) atoms. The molecule has 0 spiro atoms. The van der Waals surface area contributed by atoms with Crippen LogP contribution in [-0.4, -0.2) is 19.5 Å². The van der Waals surface area contributed by atoms with E-state index < -0.39 is 0 Å². The summed E-state index contributed by atoms with van der Waals surface area (Å²) in [6.07, 6.45) is 7.51. The van der Waals surface area contributed by atoms with Gasteiger partial charge >= 0.3 is 0 Å². The van der Waals surface area contributed by atoms with Gasteiger partial charge in [-0.25, -0.2) is 15.0 Å². The lowest BCUT2D eigenvalue weighted by atomic mass is 9.49. The van der Waals surface area contributed by atoms with Crippen molar-refractivity contribution in [3.05, 3.63) is 157 Å². The summed E-state index contributed by atoms with van der Waals surface area (Å²) >= 11 is 0. The van der Waals surface area contributed by atoms with Crippen molar-refractivity contribution in [1.29, 1.82) is 5.26 Å². The second-order valence-corrected chi connectivity index (χ2v) is 16.2. The Morgan fingerprint density at radius 2 is 1.02 bits per heavy atom. The summed E-state index contributed by atoms with van der Waals surface area (Å²) in [5.74, 6) is 4.52. The Morgan fingerprint density at radius 1 is 0.509 bits per heavy atom. The molecule has 0 atom stereocenters. The number of aromatic nitrogens is 4. The Hall–Kier alpha value is -6.38. The van der Waals surface area contributed by atoms with Gasteiger partial charge in [0.05, 0.1) is 28.4 Å². The van der Waals surface area contributed by atoms with Crippen molar-refractivity contribution in [3.8, 4) is 56.8 Å². The quantitative estimate of drug-likeness (QED) is 0.172. The van der Waals surface area contributed by atoms with Gasteiger partial charge in [0, 0.05) is 27.3 Å². The number of fused-ring (bicyclic) bond motifs is 3. The molecule has 6 aromatic carbocycles. The Bertz CT molecular complexity index is 2660. The molecule has 4 aliphatic rings. The molecule has 0 amide bonds. The highest BCUT2D eigenvalue weighted by molar-refractivity contribution is 6.12. The van der Waals surface area contributed by atoms with Crippen LogP contribution in [-0.2, 0) is 5.41 Å². The fourth-order valence-electron chi connectivity index (χ4n) is 10.7. The molecule has 0 N–H and O–H groups in total. The molecule has 4 fully saturated rings. The SMILES string of the molecule is N#Cc1ccc(-n2c3ccc(-c4ccccc4)cc3c3cc(-c4ccccc4)ccc32)c(-c2nc(-c3ccccc3)nc(C34CC5CC(CC(C5)C3)C4)n2)c1. The van der Waals surface area contributed by atoms with Crippen LogP contribution in [0.1, 0.15) is 49.9 Å². The van der Waals surface area contributed by atoms with Crippen LogP contribution in [0.5, 0.6) is 0 Å². The third-order valence-corrected chi connectivity index (χ3v) is 12.8. The van der Waals surface area contributed by atoms with Gasteiger partial charge in [0.25, 0.3) is 0 Å². The Labute approximate surface area is 321 Å². The van der Waals surface area contributed by atoms with E-state index in [-0.39, 0.29) is 5.41 Å². The molecular formula is C50H39N5. The Balaban J connectivity index is 1.16. The number of hydrogen-bond donors (Lipinski definition) is 0. The van der Waals surface area contributed by atoms with Crippen LogP contribution < -0.4 is 0 Å². The molecular weight excluding hydrogens is 671 g/mol. The van der Waals surface area contributed by atoms with Crippen LogP contribution in [0.4, 0.5) is 0 Å². The summed E-state index contributed by atoms with van der Waals surface area (Å²) in [6.45, 7) is 0. The van der Waals surface area contributed by atoms with Gasteiger partial charge < -0.3 is 4.57 Å². The standard InChI is InChI=1S/C50H39N5/c51-31-32-16-19-46(43(25-32)48-52-47(38-14-8-3-9-15-38)53-49(54-48)50-28-33-22-34(29-50)24-35(23-33)30-50)55-44-20-17-39(36-10-4-1-5-11-36)26-41(44)42-27-40(18-21-45(42)55)37-12-6-2-7-13-37/h1-21,25-27,33-35H,22-24,28-30H2. The van der Waals surface area contributed by atoms with Crippen LogP contribution in [0.15, 0.2) is 146 Å². The predicted molar refractivity (Wildman–Crippen MR) is 220 cm³/mol. The first kappa shape index (κ1) is 32.1. The molecule has 4 aliphatic carbocycles.